The summed E-state index contributed by atoms with van der Waals surface area (Å²) in [6.45, 7) is 4.25. The van der Waals surface area contributed by atoms with Crippen LogP contribution in [0.15, 0.2) is 24.3 Å². The minimum atomic E-state index is 0.0614. The predicted octanol–water partition coefficient (Wildman–Crippen LogP) is 1.74. The van der Waals surface area contributed by atoms with Gasteiger partial charge in [-0.25, -0.2) is 0 Å². The van der Waals surface area contributed by atoms with Gasteiger partial charge >= 0.3 is 0 Å². The fourth-order valence-corrected chi connectivity index (χ4v) is 2.28. The zero-order valence-corrected chi connectivity index (χ0v) is 11.6. The van der Waals surface area contributed by atoms with Crippen LogP contribution in [0.1, 0.15) is 19.4 Å². The molecule has 3 N–H and O–H groups in total. The monoisotopic (exact) mass is 252 g/mol. The van der Waals surface area contributed by atoms with Crippen LogP contribution in [0.5, 0.6) is 5.75 Å². The second kappa shape index (κ2) is 7.36. The fourth-order valence-electron chi connectivity index (χ4n) is 2.28. The lowest BCUT2D eigenvalue weighted by atomic mass is 9.94. The molecule has 0 bridgehead atoms. The number of para-hydroxylation sites is 1. The van der Waals surface area contributed by atoms with Crippen molar-refractivity contribution in [2.75, 3.05) is 14.2 Å². The van der Waals surface area contributed by atoms with E-state index in [1.54, 1.807) is 14.2 Å². The topological polar surface area (TPSA) is 56.5 Å². The molecule has 0 heterocycles. The maximum Gasteiger partial charge on any atom is 0.122 e. The lowest BCUT2D eigenvalue weighted by Crippen LogP contribution is -2.48. The van der Waals surface area contributed by atoms with Crippen LogP contribution in [0, 0.1) is 5.92 Å². The number of nitrogens with two attached hydrogens (primary N) is 1. The van der Waals surface area contributed by atoms with E-state index in [-0.39, 0.29) is 12.1 Å². The van der Waals surface area contributed by atoms with Crippen molar-refractivity contribution in [3.63, 3.8) is 0 Å². The molecule has 0 aliphatic carbocycles. The number of hydrogen-bond donors (Lipinski definition) is 2. The summed E-state index contributed by atoms with van der Waals surface area (Å²) in [5.41, 5.74) is 3.98. The van der Waals surface area contributed by atoms with Crippen molar-refractivity contribution in [1.82, 2.24) is 5.43 Å². The molecule has 102 valence electrons. The van der Waals surface area contributed by atoms with Gasteiger partial charge in [0.2, 0.25) is 0 Å². The molecule has 2 unspecified atom stereocenters. The first kappa shape index (κ1) is 15.0. The molecule has 0 saturated heterocycles. The third-order valence-electron chi connectivity index (χ3n) is 3.17. The summed E-state index contributed by atoms with van der Waals surface area (Å²) < 4.78 is 10.9. The minimum Gasteiger partial charge on any atom is -0.496 e. The number of hydrazine groups is 1. The molecule has 2 atom stereocenters. The van der Waals surface area contributed by atoms with Crippen LogP contribution in [-0.4, -0.2) is 26.4 Å². The Morgan fingerprint density at radius 2 is 1.89 bits per heavy atom. The van der Waals surface area contributed by atoms with Crippen molar-refractivity contribution < 1.29 is 9.47 Å². The molecule has 0 saturated carbocycles. The third kappa shape index (κ3) is 3.70. The molecule has 0 aliphatic heterocycles. The number of rotatable bonds is 7. The molecule has 18 heavy (non-hydrogen) atoms. The molecule has 0 aromatic heterocycles. The highest BCUT2D eigenvalue weighted by molar-refractivity contribution is 5.34. The second-order valence-corrected chi connectivity index (χ2v) is 4.73. The van der Waals surface area contributed by atoms with Crippen molar-refractivity contribution in [2.24, 2.45) is 11.8 Å². The van der Waals surface area contributed by atoms with E-state index in [1.807, 2.05) is 18.2 Å². The van der Waals surface area contributed by atoms with Gasteiger partial charge in [-0.15, -0.1) is 0 Å². The summed E-state index contributed by atoms with van der Waals surface area (Å²) in [7, 11) is 3.40. The van der Waals surface area contributed by atoms with E-state index in [0.29, 0.717) is 5.92 Å². The molecule has 0 fully saturated rings. The Morgan fingerprint density at radius 3 is 2.39 bits per heavy atom. The molecule has 1 aromatic carbocycles. The van der Waals surface area contributed by atoms with E-state index < -0.39 is 0 Å². The molecular formula is C14H24N2O2. The predicted molar refractivity (Wildman–Crippen MR) is 73.4 cm³/mol. The van der Waals surface area contributed by atoms with Gasteiger partial charge in [-0.2, -0.15) is 0 Å². The van der Waals surface area contributed by atoms with Gasteiger partial charge in [-0.1, -0.05) is 32.0 Å². The van der Waals surface area contributed by atoms with Gasteiger partial charge in [0.1, 0.15) is 5.75 Å². The van der Waals surface area contributed by atoms with Crippen LogP contribution in [-0.2, 0) is 11.2 Å². The highest BCUT2D eigenvalue weighted by Gasteiger charge is 2.24. The zero-order chi connectivity index (χ0) is 13.5. The van der Waals surface area contributed by atoms with Crippen molar-refractivity contribution in [1.29, 1.82) is 0 Å². The van der Waals surface area contributed by atoms with Crippen LogP contribution < -0.4 is 16.0 Å². The van der Waals surface area contributed by atoms with Gasteiger partial charge in [0.05, 0.1) is 19.3 Å². The minimum absolute atomic E-state index is 0.0614. The lowest BCUT2D eigenvalue weighted by Gasteiger charge is -2.28. The van der Waals surface area contributed by atoms with E-state index in [0.717, 1.165) is 17.7 Å². The Bertz CT molecular complexity index is 355. The molecule has 0 amide bonds. The molecular weight excluding hydrogens is 228 g/mol. The Labute approximate surface area is 109 Å². The van der Waals surface area contributed by atoms with Gasteiger partial charge in [0, 0.05) is 7.11 Å². The number of nitrogens with one attached hydrogen (secondary N) is 1. The first-order valence-corrected chi connectivity index (χ1v) is 6.24. The summed E-state index contributed by atoms with van der Waals surface area (Å²) in [6, 6.07) is 8.04. The van der Waals surface area contributed by atoms with Crippen molar-refractivity contribution in [2.45, 2.75) is 32.4 Å². The highest BCUT2D eigenvalue weighted by Crippen LogP contribution is 2.21. The summed E-state index contributed by atoms with van der Waals surface area (Å²) >= 11 is 0. The molecule has 0 spiro atoms. The van der Waals surface area contributed by atoms with E-state index in [2.05, 4.69) is 25.3 Å². The maximum absolute atomic E-state index is 5.66. The van der Waals surface area contributed by atoms with Gasteiger partial charge in [-0.3, -0.25) is 11.3 Å². The van der Waals surface area contributed by atoms with Gasteiger partial charge < -0.3 is 9.47 Å². The molecule has 1 rings (SSSR count). The van der Waals surface area contributed by atoms with Gasteiger partial charge in [0.25, 0.3) is 0 Å². The molecule has 4 nitrogen and oxygen atoms in total. The summed E-state index contributed by atoms with van der Waals surface area (Å²) in [5.74, 6) is 6.94. The van der Waals surface area contributed by atoms with Crippen LogP contribution in [0.25, 0.3) is 0 Å². The Balaban J connectivity index is 2.85. The SMILES string of the molecule is COc1ccccc1CC(NN)C(OC)C(C)C. The smallest absolute Gasteiger partial charge is 0.122 e. The Hall–Kier alpha value is -1.10. The first-order valence-electron chi connectivity index (χ1n) is 6.24. The van der Waals surface area contributed by atoms with Crippen molar-refractivity contribution in [3.05, 3.63) is 29.8 Å². The van der Waals surface area contributed by atoms with Crippen LogP contribution in [0.3, 0.4) is 0 Å². The number of hydrogen-bond acceptors (Lipinski definition) is 4. The van der Waals surface area contributed by atoms with E-state index in [4.69, 9.17) is 15.3 Å². The van der Waals surface area contributed by atoms with Gasteiger partial charge in [0.15, 0.2) is 0 Å². The van der Waals surface area contributed by atoms with Crippen molar-refractivity contribution in [3.8, 4) is 5.75 Å². The van der Waals surface area contributed by atoms with Gasteiger partial charge in [-0.05, 0) is 24.0 Å². The second-order valence-electron chi connectivity index (χ2n) is 4.73. The summed E-state index contributed by atoms with van der Waals surface area (Å²) in [5, 5.41) is 0. The molecule has 0 radical (unpaired) electrons. The average Bonchev–Trinajstić information content (AvgIpc) is 2.38. The quantitative estimate of drug-likeness (QED) is 0.573. The largest absolute Gasteiger partial charge is 0.496 e. The molecule has 1 aromatic rings. The van der Waals surface area contributed by atoms with Crippen LogP contribution >= 0.6 is 0 Å². The number of ether oxygens (including phenoxy) is 2. The highest BCUT2D eigenvalue weighted by atomic mass is 16.5. The standard InChI is InChI=1S/C14H24N2O2/c1-10(2)14(18-4)12(16-15)9-11-7-5-6-8-13(11)17-3/h5-8,10,12,14,16H,9,15H2,1-4H3. The molecule has 4 heteroatoms. The average molecular weight is 252 g/mol. The maximum atomic E-state index is 5.66. The normalized spacial score (nSPS) is 14.6. The third-order valence-corrected chi connectivity index (χ3v) is 3.17. The van der Waals surface area contributed by atoms with E-state index in [9.17, 15) is 0 Å². The first-order chi connectivity index (χ1) is 8.63. The number of benzene rings is 1. The Kier molecular flexibility index (Phi) is 6.12. The zero-order valence-electron chi connectivity index (χ0n) is 11.6. The molecule has 0 aliphatic rings. The van der Waals surface area contributed by atoms with Crippen molar-refractivity contribution >= 4 is 0 Å². The Morgan fingerprint density at radius 1 is 1.22 bits per heavy atom. The summed E-state index contributed by atoms with van der Waals surface area (Å²) in [6.07, 6.45) is 0.844. The summed E-state index contributed by atoms with van der Waals surface area (Å²) in [4.78, 5) is 0. The lowest BCUT2D eigenvalue weighted by molar-refractivity contribution is 0.0331. The van der Waals surface area contributed by atoms with Crippen LogP contribution in [0.4, 0.5) is 0 Å². The van der Waals surface area contributed by atoms with E-state index in [1.165, 1.54) is 0 Å². The van der Waals surface area contributed by atoms with Crippen LogP contribution in [0.2, 0.25) is 0 Å². The number of methoxy groups -OCH3 is 2. The van der Waals surface area contributed by atoms with E-state index >= 15 is 0 Å². The fraction of sp³-hybridized carbons (Fsp3) is 0.571.